The van der Waals surface area contributed by atoms with Crippen LogP contribution >= 0.6 is 0 Å². The van der Waals surface area contributed by atoms with Gasteiger partial charge in [-0.25, -0.2) is 8.42 Å². The second kappa shape index (κ2) is 5.51. The number of carbonyl (C=O) groups excluding carboxylic acids is 1. The Morgan fingerprint density at radius 1 is 1.45 bits per heavy atom. The van der Waals surface area contributed by atoms with Gasteiger partial charge in [-0.2, -0.15) is 4.31 Å². The van der Waals surface area contributed by atoms with Gasteiger partial charge in [0.05, 0.1) is 4.90 Å². The molecule has 1 saturated heterocycles. The Morgan fingerprint density at radius 2 is 2.15 bits per heavy atom. The summed E-state index contributed by atoms with van der Waals surface area (Å²) in [4.78, 5) is 11.2. The molecule has 0 radical (unpaired) electrons. The molecule has 0 unspecified atom stereocenters. The maximum absolute atomic E-state index is 12.5. The molecule has 7 heteroatoms. The lowest BCUT2D eigenvalue weighted by atomic mass is 10.00. The molecule has 1 fully saturated rings. The Labute approximate surface area is 118 Å². The van der Waals surface area contributed by atoms with Crippen molar-refractivity contribution in [1.29, 1.82) is 0 Å². The molecule has 110 valence electrons. The van der Waals surface area contributed by atoms with E-state index in [1.165, 1.54) is 28.6 Å². The van der Waals surface area contributed by atoms with Crippen LogP contribution in [-0.2, 0) is 10.0 Å². The summed E-state index contributed by atoms with van der Waals surface area (Å²) in [6, 6.07) is 5.70. The Kier molecular flexibility index (Phi) is 4.12. The van der Waals surface area contributed by atoms with Gasteiger partial charge in [0.25, 0.3) is 0 Å². The van der Waals surface area contributed by atoms with Gasteiger partial charge >= 0.3 is 0 Å². The summed E-state index contributed by atoms with van der Waals surface area (Å²) >= 11 is 0. The van der Waals surface area contributed by atoms with E-state index in [-0.39, 0.29) is 28.9 Å². The highest BCUT2D eigenvalue weighted by Crippen LogP contribution is 2.28. The zero-order valence-electron chi connectivity index (χ0n) is 11.2. The van der Waals surface area contributed by atoms with Crippen LogP contribution in [0.15, 0.2) is 29.2 Å². The maximum atomic E-state index is 12.5. The fourth-order valence-electron chi connectivity index (χ4n) is 2.38. The van der Waals surface area contributed by atoms with Crippen LogP contribution in [0.25, 0.3) is 0 Å². The van der Waals surface area contributed by atoms with Crippen LogP contribution in [0.2, 0.25) is 0 Å². The van der Waals surface area contributed by atoms with Crippen LogP contribution in [-0.4, -0.2) is 43.4 Å². The molecule has 2 atom stereocenters. The van der Waals surface area contributed by atoms with Crippen molar-refractivity contribution in [2.45, 2.75) is 11.8 Å². The predicted octanol–water partition coefficient (Wildman–Crippen LogP) is 0.0344. The smallest absolute Gasteiger partial charge is 0.248 e. The van der Waals surface area contributed by atoms with Gasteiger partial charge in [0.15, 0.2) is 0 Å². The summed E-state index contributed by atoms with van der Waals surface area (Å²) in [7, 11) is -3.66. The first-order chi connectivity index (χ1) is 9.36. The lowest BCUT2D eigenvalue weighted by molar-refractivity contribution is 0.1000. The van der Waals surface area contributed by atoms with Crippen molar-refractivity contribution in [2.24, 2.45) is 17.6 Å². The first-order valence-corrected chi connectivity index (χ1v) is 7.81. The second-order valence-electron chi connectivity index (χ2n) is 5.13. The van der Waals surface area contributed by atoms with Gasteiger partial charge in [0, 0.05) is 25.3 Å². The third-order valence-electron chi connectivity index (χ3n) is 3.73. The van der Waals surface area contributed by atoms with E-state index in [2.05, 4.69) is 0 Å². The Bertz CT molecular complexity index is 615. The number of nitrogens with two attached hydrogens (primary N) is 1. The van der Waals surface area contributed by atoms with Crippen molar-refractivity contribution in [3.05, 3.63) is 29.8 Å². The van der Waals surface area contributed by atoms with E-state index in [9.17, 15) is 18.3 Å². The van der Waals surface area contributed by atoms with E-state index in [4.69, 9.17) is 5.73 Å². The van der Waals surface area contributed by atoms with E-state index in [1.54, 1.807) is 0 Å². The Morgan fingerprint density at radius 3 is 2.70 bits per heavy atom. The molecule has 0 aromatic heterocycles. The minimum absolute atomic E-state index is 0.0332. The molecule has 0 saturated carbocycles. The van der Waals surface area contributed by atoms with Crippen LogP contribution < -0.4 is 5.73 Å². The molecule has 20 heavy (non-hydrogen) atoms. The number of primary amides is 1. The van der Waals surface area contributed by atoms with Gasteiger partial charge in [-0.1, -0.05) is 13.0 Å². The quantitative estimate of drug-likeness (QED) is 0.819. The molecule has 1 aliphatic heterocycles. The van der Waals surface area contributed by atoms with E-state index < -0.39 is 15.9 Å². The molecule has 1 aromatic carbocycles. The molecule has 1 aromatic rings. The number of amides is 1. The number of benzene rings is 1. The molecular formula is C13H18N2O4S. The summed E-state index contributed by atoms with van der Waals surface area (Å²) < 4.78 is 26.4. The highest BCUT2D eigenvalue weighted by molar-refractivity contribution is 7.89. The third-order valence-corrected chi connectivity index (χ3v) is 5.55. The number of carbonyl (C=O) groups is 1. The van der Waals surface area contributed by atoms with Crippen molar-refractivity contribution in [1.82, 2.24) is 4.31 Å². The number of hydrogen-bond donors (Lipinski definition) is 2. The molecule has 1 heterocycles. The van der Waals surface area contributed by atoms with E-state index in [0.717, 1.165) is 0 Å². The van der Waals surface area contributed by atoms with Crippen molar-refractivity contribution in [3.8, 4) is 0 Å². The third kappa shape index (κ3) is 2.70. The van der Waals surface area contributed by atoms with Gasteiger partial charge < -0.3 is 10.8 Å². The molecule has 0 bridgehead atoms. The first-order valence-electron chi connectivity index (χ1n) is 6.37. The van der Waals surface area contributed by atoms with Crippen molar-refractivity contribution < 1.29 is 18.3 Å². The average Bonchev–Trinajstić information content (AvgIpc) is 2.81. The van der Waals surface area contributed by atoms with Gasteiger partial charge in [-0.15, -0.1) is 0 Å². The normalized spacial score (nSPS) is 23.9. The Balaban J connectivity index is 2.32. The molecule has 3 N–H and O–H groups in total. The highest BCUT2D eigenvalue weighted by atomic mass is 32.2. The zero-order valence-corrected chi connectivity index (χ0v) is 12.0. The lowest BCUT2D eigenvalue weighted by Crippen LogP contribution is -2.29. The summed E-state index contributed by atoms with van der Waals surface area (Å²) in [5.41, 5.74) is 5.33. The van der Waals surface area contributed by atoms with Gasteiger partial charge in [0.2, 0.25) is 15.9 Å². The number of aliphatic hydroxyl groups excluding tert-OH is 1. The molecule has 1 aliphatic rings. The predicted molar refractivity (Wildman–Crippen MR) is 73.5 cm³/mol. The van der Waals surface area contributed by atoms with Crippen molar-refractivity contribution in [2.75, 3.05) is 19.7 Å². The van der Waals surface area contributed by atoms with Crippen LogP contribution in [0.3, 0.4) is 0 Å². The van der Waals surface area contributed by atoms with Crippen LogP contribution in [0, 0.1) is 11.8 Å². The SMILES string of the molecule is C[C@@H]1CN(S(=O)(=O)c2cccc(C(N)=O)c2)C[C@H]1CO. The number of nitrogens with zero attached hydrogens (tertiary/aromatic N) is 1. The molecule has 6 nitrogen and oxygen atoms in total. The molecule has 2 rings (SSSR count). The van der Waals surface area contributed by atoms with E-state index in [0.29, 0.717) is 13.1 Å². The molecule has 0 spiro atoms. The summed E-state index contributed by atoms with van der Waals surface area (Å²) in [6.07, 6.45) is 0. The minimum Gasteiger partial charge on any atom is -0.396 e. The van der Waals surface area contributed by atoms with Crippen LogP contribution in [0.4, 0.5) is 0 Å². The summed E-state index contributed by atoms with van der Waals surface area (Å²) in [5.74, 6) is -0.608. The van der Waals surface area contributed by atoms with Gasteiger partial charge in [-0.3, -0.25) is 4.79 Å². The maximum Gasteiger partial charge on any atom is 0.248 e. The molecular weight excluding hydrogens is 280 g/mol. The first kappa shape index (κ1) is 15.0. The highest BCUT2D eigenvalue weighted by Gasteiger charge is 2.36. The molecule has 1 amide bonds. The van der Waals surface area contributed by atoms with E-state index in [1.807, 2.05) is 6.92 Å². The van der Waals surface area contributed by atoms with Gasteiger partial charge in [-0.05, 0) is 30.0 Å². The fourth-order valence-corrected chi connectivity index (χ4v) is 4.02. The van der Waals surface area contributed by atoms with Crippen molar-refractivity contribution >= 4 is 15.9 Å². The summed E-state index contributed by atoms with van der Waals surface area (Å²) in [5, 5.41) is 9.22. The average molecular weight is 298 g/mol. The number of hydrogen-bond acceptors (Lipinski definition) is 4. The largest absolute Gasteiger partial charge is 0.396 e. The minimum atomic E-state index is -3.66. The fraction of sp³-hybridized carbons (Fsp3) is 0.462. The van der Waals surface area contributed by atoms with Crippen LogP contribution in [0.5, 0.6) is 0 Å². The standard InChI is InChI=1S/C13H18N2O4S/c1-9-6-15(7-11(9)8-16)20(18,19)12-4-2-3-10(5-12)13(14)17/h2-5,9,11,16H,6-8H2,1H3,(H2,14,17)/t9-,11+/m1/s1. The second-order valence-corrected chi connectivity index (χ2v) is 7.07. The number of rotatable bonds is 4. The Hall–Kier alpha value is -1.44. The monoisotopic (exact) mass is 298 g/mol. The van der Waals surface area contributed by atoms with E-state index >= 15 is 0 Å². The molecule has 0 aliphatic carbocycles. The summed E-state index contributed by atoms with van der Waals surface area (Å²) in [6.45, 7) is 2.54. The topological polar surface area (TPSA) is 101 Å². The lowest BCUT2D eigenvalue weighted by Gasteiger charge is -2.16. The zero-order chi connectivity index (χ0) is 14.9. The number of sulfonamides is 1. The van der Waals surface area contributed by atoms with Crippen molar-refractivity contribution in [3.63, 3.8) is 0 Å². The van der Waals surface area contributed by atoms with Gasteiger partial charge in [0.1, 0.15) is 0 Å². The number of aliphatic hydroxyl groups is 1. The van der Waals surface area contributed by atoms with Crippen LogP contribution in [0.1, 0.15) is 17.3 Å².